The molecule has 0 saturated heterocycles. The van der Waals surface area contributed by atoms with Crippen LogP contribution in [0.2, 0.25) is 0 Å². The van der Waals surface area contributed by atoms with Gasteiger partial charge in [-0.3, -0.25) is 4.79 Å². The Morgan fingerprint density at radius 2 is 1.60 bits per heavy atom. The van der Waals surface area contributed by atoms with E-state index in [0.29, 0.717) is 6.42 Å². The van der Waals surface area contributed by atoms with Gasteiger partial charge in [0.05, 0.1) is 12.0 Å². The number of ether oxygens (including phenoxy) is 1. The molecule has 0 bridgehead atoms. The maximum Gasteiger partial charge on any atom is 0.309 e. The van der Waals surface area contributed by atoms with Gasteiger partial charge in [-0.15, -0.1) is 0 Å². The van der Waals surface area contributed by atoms with Crippen LogP contribution in [0.1, 0.15) is 38.7 Å². The van der Waals surface area contributed by atoms with Gasteiger partial charge in [-0.2, -0.15) is 0 Å². The number of hydrogen-bond donors (Lipinski definition) is 1. The van der Waals surface area contributed by atoms with Gasteiger partial charge in [0.2, 0.25) is 0 Å². The van der Waals surface area contributed by atoms with Crippen molar-refractivity contribution in [1.82, 2.24) is 0 Å². The molecule has 25 heavy (non-hydrogen) atoms. The van der Waals surface area contributed by atoms with Crippen LogP contribution >= 0.6 is 0 Å². The fourth-order valence-corrected chi connectivity index (χ4v) is 3.41. The van der Waals surface area contributed by atoms with E-state index in [1.165, 1.54) is 0 Å². The molecule has 0 spiro atoms. The van der Waals surface area contributed by atoms with Gasteiger partial charge >= 0.3 is 5.97 Å². The molecule has 0 heterocycles. The maximum atomic E-state index is 12.2. The highest BCUT2D eigenvalue weighted by Crippen LogP contribution is 2.29. The average Bonchev–Trinajstić information content (AvgIpc) is 2.58. The molecule has 1 unspecified atom stereocenters. The molecule has 3 aromatic rings. The Bertz CT molecular complexity index is 842. The number of hydrogen-bond acceptors (Lipinski definition) is 3. The van der Waals surface area contributed by atoms with Gasteiger partial charge in [-0.05, 0) is 41.0 Å². The molecule has 0 amide bonds. The molecule has 1 atom stereocenters. The second kappa shape index (κ2) is 7.24. The molecule has 0 aliphatic heterocycles. The first-order valence-corrected chi connectivity index (χ1v) is 8.77. The van der Waals surface area contributed by atoms with Crippen molar-refractivity contribution in [3.63, 3.8) is 0 Å². The van der Waals surface area contributed by atoms with Gasteiger partial charge in [0.15, 0.2) is 0 Å². The lowest BCUT2D eigenvalue weighted by Crippen LogP contribution is -2.28. The fraction of sp³-hybridized carbons (Fsp3) is 0.318. The topological polar surface area (TPSA) is 46.5 Å². The van der Waals surface area contributed by atoms with E-state index in [-0.39, 0.29) is 19.0 Å². The van der Waals surface area contributed by atoms with Crippen LogP contribution < -0.4 is 0 Å². The van der Waals surface area contributed by atoms with Crippen molar-refractivity contribution in [3.8, 4) is 0 Å². The maximum absolute atomic E-state index is 12.2. The van der Waals surface area contributed by atoms with Crippen LogP contribution in [0.15, 0.2) is 54.6 Å². The number of carbonyl (C=O) groups is 1. The van der Waals surface area contributed by atoms with Gasteiger partial charge < -0.3 is 9.84 Å². The van der Waals surface area contributed by atoms with Crippen molar-refractivity contribution in [2.45, 2.75) is 45.3 Å². The Labute approximate surface area is 148 Å². The third kappa shape index (κ3) is 3.99. The van der Waals surface area contributed by atoms with Crippen molar-refractivity contribution < 1.29 is 14.6 Å². The zero-order chi connectivity index (χ0) is 17.9. The van der Waals surface area contributed by atoms with Crippen LogP contribution in [0, 0.1) is 0 Å². The highest BCUT2D eigenvalue weighted by atomic mass is 16.5. The molecule has 3 aromatic carbocycles. The van der Waals surface area contributed by atoms with Gasteiger partial charge in [0, 0.05) is 5.56 Å². The number of aliphatic hydroxyl groups is 1. The highest BCUT2D eigenvalue weighted by molar-refractivity contribution is 6.02. The lowest BCUT2D eigenvalue weighted by molar-refractivity contribution is -0.150. The molecule has 0 radical (unpaired) electrons. The van der Waals surface area contributed by atoms with E-state index < -0.39 is 5.60 Å². The summed E-state index contributed by atoms with van der Waals surface area (Å²) in [5.74, 6) is -0.365. The molecule has 3 rings (SSSR count). The minimum atomic E-state index is -1.01. The molecule has 3 nitrogen and oxygen atoms in total. The Morgan fingerprint density at radius 1 is 1.04 bits per heavy atom. The monoisotopic (exact) mass is 336 g/mol. The number of esters is 1. The average molecular weight is 336 g/mol. The lowest BCUT2D eigenvalue weighted by atomic mass is 9.96. The van der Waals surface area contributed by atoms with Crippen LogP contribution in [0.3, 0.4) is 0 Å². The van der Waals surface area contributed by atoms with Gasteiger partial charge in [0.25, 0.3) is 0 Å². The summed E-state index contributed by atoms with van der Waals surface area (Å²) in [4.78, 5) is 12.2. The summed E-state index contributed by atoms with van der Waals surface area (Å²) in [5, 5.41) is 14.7. The van der Waals surface area contributed by atoms with Gasteiger partial charge in [-0.25, -0.2) is 0 Å². The molecule has 0 aliphatic rings. The first-order valence-electron chi connectivity index (χ1n) is 8.77. The minimum Gasteiger partial charge on any atom is -0.461 e. The van der Waals surface area contributed by atoms with E-state index in [1.807, 2.05) is 31.2 Å². The number of carbonyl (C=O) groups excluding carboxylic acids is 1. The van der Waals surface area contributed by atoms with Crippen LogP contribution in [0.4, 0.5) is 0 Å². The first-order chi connectivity index (χ1) is 12.0. The fourth-order valence-electron chi connectivity index (χ4n) is 3.41. The number of rotatable bonds is 6. The molecule has 1 N–H and O–H groups in total. The zero-order valence-electron chi connectivity index (χ0n) is 14.8. The van der Waals surface area contributed by atoms with Crippen LogP contribution in [0.25, 0.3) is 21.5 Å². The Kier molecular flexibility index (Phi) is 5.05. The largest absolute Gasteiger partial charge is 0.461 e. The van der Waals surface area contributed by atoms with Crippen molar-refractivity contribution >= 4 is 27.5 Å². The SMILES string of the molecule is CCCC(C)(O)CC(=O)OCc1c2ccccc2cc2ccccc12. The van der Waals surface area contributed by atoms with E-state index in [9.17, 15) is 9.90 Å². The van der Waals surface area contributed by atoms with E-state index in [0.717, 1.165) is 33.5 Å². The predicted molar refractivity (Wildman–Crippen MR) is 101 cm³/mol. The van der Waals surface area contributed by atoms with E-state index in [4.69, 9.17) is 4.74 Å². The second-order valence-electron chi connectivity index (χ2n) is 6.88. The first kappa shape index (κ1) is 17.4. The normalized spacial score (nSPS) is 13.7. The molecular formula is C22H24O3. The third-order valence-electron chi connectivity index (χ3n) is 4.57. The molecule has 3 heteroatoms. The molecule has 0 aliphatic carbocycles. The Hall–Kier alpha value is -2.39. The lowest BCUT2D eigenvalue weighted by Gasteiger charge is -2.21. The summed E-state index contributed by atoms with van der Waals surface area (Å²) >= 11 is 0. The predicted octanol–water partition coefficient (Wildman–Crippen LogP) is 4.98. The van der Waals surface area contributed by atoms with E-state index in [1.54, 1.807) is 6.92 Å². The molecule has 0 fully saturated rings. The second-order valence-corrected chi connectivity index (χ2v) is 6.88. The standard InChI is InChI=1S/C22H24O3/c1-3-12-22(2,24)14-21(23)25-15-20-18-10-6-4-8-16(18)13-17-9-5-7-11-19(17)20/h4-11,13,24H,3,12,14-15H2,1-2H3. The summed E-state index contributed by atoms with van der Waals surface area (Å²) in [7, 11) is 0. The molecular weight excluding hydrogens is 312 g/mol. The highest BCUT2D eigenvalue weighted by Gasteiger charge is 2.24. The van der Waals surface area contributed by atoms with Crippen LogP contribution in [-0.4, -0.2) is 16.7 Å². The third-order valence-corrected chi connectivity index (χ3v) is 4.57. The summed E-state index contributed by atoms with van der Waals surface area (Å²) < 4.78 is 5.53. The molecule has 0 aromatic heterocycles. The van der Waals surface area contributed by atoms with Crippen molar-refractivity contribution in [2.75, 3.05) is 0 Å². The number of fused-ring (bicyclic) bond motifs is 2. The zero-order valence-corrected chi connectivity index (χ0v) is 14.8. The molecule has 0 saturated carbocycles. The van der Waals surface area contributed by atoms with Crippen molar-refractivity contribution in [1.29, 1.82) is 0 Å². The summed E-state index contributed by atoms with van der Waals surface area (Å²) in [5.41, 5.74) is 0.00400. The van der Waals surface area contributed by atoms with Crippen LogP contribution in [-0.2, 0) is 16.1 Å². The van der Waals surface area contributed by atoms with Crippen molar-refractivity contribution in [3.05, 3.63) is 60.2 Å². The number of benzene rings is 3. The Morgan fingerprint density at radius 3 is 2.16 bits per heavy atom. The Balaban J connectivity index is 1.88. The smallest absolute Gasteiger partial charge is 0.309 e. The summed E-state index contributed by atoms with van der Waals surface area (Å²) in [6.45, 7) is 3.88. The van der Waals surface area contributed by atoms with E-state index >= 15 is 0 Å². The summed E-state index contributed by atoms with van der Waals surface area (Å²) in [6.07, 6.45) is 1.43. The minimum absolute atomic E-state index is 0.0174. The molecule has 130 valence electrons. The van der Waals surface area contributed by atoms with Gasteiger partial charge in [0.1, 0.15) is 6.61 Å². The quantitative estimate of drug-likeness (QED) is 0.510. The van der Waals surface area contributed by atoms with Crippen molar-refractivity contribution in [2.24, 2.45) is 0 Å². The summed E-state index contributed by atoms with van der Waals surface area (Å²) in [6, 6.07) is 18.4. The van der Waals surface area contributed by atoms with E-state index in [2.05, 4.69) is 30.3 Å². The van der Waals surface area contributed by atoms with Crippen LogP contribution in [0.5, 0.6) is 0 Å². The van der Waals surface area contributed by atoms with Gasteiger partial charge in [-0.1, -0.05) is 61.9 Å².